The molecule has 4 nitrogen and oxygen atoms in total. The highest BCUT2D eigenvalue weighted by atomic mass is 19.1. The van der Waals surface area contributed by atoms with Crippen LogP contribution in [-0.4, -0.2) is 23.1 Å². The van der Waals surface area contributed by atoms with Gasteiger partial charge in [-0.1, -0.05) is 6.07 Å². The quantitative estimate of drug-likeness (QED) is 0.914. The van der Waals surface area contributed by atoms with Crippen LogP contribution in [0.25, 0.3) is 0 Å². The molecule has 2 aromatic rings. The summed E-state index contributed by atoms with van der Waals surface area (Å²) in [6.45, 7) is 2.07. The predicted octanol–water partition coefficient (Wildman–Crippen LogP) is 2.17. The third kappa shape index (κ3) is 3.06. The first kappa shape index (κ1) is 12.0. The van der Waals surface area contributed by atoms with Crippen molar-refractivity contribution in [2.24, 2.45) is 5.92 Å². The maximum absolute atomic E-state index is 13.0. The second kappa shape index (κ2) is 5.32. The summed E-state index contributed by atoms with van der Waals surface area (Å²) in [7, 11) is 0. The molecule has 0 radical (unpaired) electrons. The van der Waals surface area contributed by atoms with Gasteiger partial charge in [-0.25, -0.2) is 14.4 Å². The Bertz CT molecular complexity index is 555. The maximum atomic E-state index is 13.0. The number of nitrogens with one attached hydrogen (secondary N) is 1. The highest BCUT2D eigenvalue weighted by Crippen LogP contribution is 2.20. The molecule has 0 saturated carbocycles. The molecule has 1 aliphatic rings. The molecule has 0 aliphatic carbocycles. The van der Waals surface area contributed by atoms with Gasteiger partial charge in [-0.2, -0.15) is 0 Å². The zero-order valence-corrected chi connectivity index (χ0v) is 10.3. The molecule has 0 amide bonds. The second-order valence-corrected chi connectivity index (χ2v) is 4.62. The van der Waals surface area contributed by atoms with E-state index in [0.29, 0.717) is 17.4 Å². The van der Waals surface area contributed by atoms with Crippen LogP contribution in [0.2, 0.25) is 0 Å². The largest absolute Gasteiger partial charge is 0.454 e. The van der Waals surface area contributed by atoms with Gasteiger partial charge >= 0.3 is 0 Å². The summed E-state index contributed by atoms with van der Waals surface area (Å²) in [4.78, 5) is 8.52. The Kier molecular flexibility index (Phi) is 3.37. The number of nitrogens with zero attached hydrogens (tertiary/aromatic N) is 2. The molecule has 1 aliphatic heterocycles. The Hall–Kier alpha value is -2.01. The smallest absolute Gasteiger partial charge is 0.164 e. The third-order valence-corrected chi connectivity index (χ3v) is 3.05. The van der Waals surface area contributed by atoms with Crippen LogP contribution >= 0.6 is 0 Å². The number of rotatable bonds is 4. The zero-order chi connectivity index (χ0) is 13.1. The lowest BCUT2D eigenvalue weighted by Gasteiger charge is -2.26. The monoisotopic (exact) mass is 259 g/mol. The van der Waals surface area contributed by atoms with Gasteiger partial charge in [0.05, 0.1) is 12.4 Å². The van der Waals surface area contributed by atoms with Crippen LogP contribution in [0.3, 0.4) is 0 Å². The molecule has 5 heteroatoms. The Morgan fingerprint density at radius 1 is 1.21 bits per heavy atom. The Labute approximate surface area is 110 Å². The first-order valence-electron chi connectivity index (χ1n) is 6.24. The lowest BCUT2D eigenvalue weighted by molar-refractivity contribution is 0.340. The summed E-state index contributed by atoms with van der Waals surface area (Å²) in [5.41, 5.74) is 0. The summed E-state index contributed by atoms with van der Waals surface area (Å²) in [5, 5.41) is 3.22. The maximum Gasteiger partial charge on any atom is 0.164 e. The van der Waals surface area contributed by atoms with Crippen molar-refractivity contribution < 1.29 is 9.13 Å². The van der Waals surface area contributed by atoms with Crippen molar-refractivity contribution in [2.75, 3.05) is 13.1 Å². The zero-order valence-electron chi connectivity index (χ0n) is 10.3. The highest BCUT2D eigenvalue weighted by molar-refractivity contribution is 5.28. The van der Waals surface area contributed by atoms with E-state index in [9.17, 15) is 4.39 Å². The van der Waals surface area contributed by atoms with Gasteiger partial charge in [0.2, 0.25) is 0 Å². The first-order chi connectivity index (χ1) is 9.29. The Morgan fingerprint density at radius 2 is 2.00 bits per heavy atom. The van der Waals surface area contributed by atoms with Gasteiger partial charge in [-0.05, 0) is 31.1 Å². The fraction of sp³-hybridized carbons (Fsp3) is 0.286. The molecule has 1 saturated heterocycles. The van der Waals surface area contributed by atoms with E-state index in [2.05, 4.69) is 15.3 Å². The van der Waals surface area contributed by atoms with E-state index in [0.717, 1.165) is 25.3 Å². The highest BCUT2D eigenvalue weighted by Gasteiger charge is 2.18. The molecule has 0 atom stereocenters. The van der Waals surface area contributed by atoms with Gasteiger partial charge < -0.3 is 10.1 Å². The summed E-state index contributed by atoms with van der Waals surface area (Å²) >= 11 is 0. The third-order valence-electron chi connectivity index (χ3n) is 3.05. The van der Waals surface area contributed by atoms with Crippen molar-refractivity contribution >= 4 is 0 Å². The number of benzene rings is 1. The second-order valence-electron chi connectivity index (χ2n) is 4.62. The lowest BCUT2D eigenvalue weighted by atomic mass is 9.99. The molecule has 0 unspecified atom stereocenters. The van der Waals surface area contributed by atoms with Gasteiger partial charge in [-0.3, -0.25) is 0 Å². The summed E-state index contributed by atoms with van der Waals surface area (Å²) in [6.07, 6.45) is 4.13. The van der Waals surface area contributed by atoms with Gasteiger partial charge in [-0.15, -0.1) is 0 Å². The minimum atomic E-state index is -0.326. The standard InChI is InChI=1S/C14H14FN3O/c15-11-2-1-3-12(5-11)19-13-8-17-14(18-9-13)4-10-6-16-7-10/h1-3,5,8-10,16H,4,6-7H2. The van der Waals surface area contributed by atoms with Crippen molar-refractivity contribution in [2.45, 2.75) is 6.42 Å². The first-order valence-corrected chi connectivity index (χ1v) is 6.24. The van der Waals surface area contributed by atoms with Crippen molar-refractivity contribution in [3.8, 4) is 11.5 Å². The molecule has 1 aromatic heterocycles. The fourth-order valence-electron chi connectivity index (χ4n) is 1.92. The molecule has 1 N–H and O–H groups in total. The van der Waals surface area contributed by atoms with Crippen molar-refractivity contribution in [3.05, 3.63) is 48.3 Å². The summed E-state index contributed by atoms with van der Waals surface area (Å²) < 4.78 is 18.5. The van der Waals surface area contributed by atoms with Crippen LogP contribution in [0.1, 0.15) is 5.82 Å². The van der Waals surface area contributed by atoms with Gasteiger partial charge in [0, 0.05) is 12.5 Å². The summed E-state index contributed by atoms with van der Waals surface area (Å²) in [6, 6.07) is 5.99. The van der Waals surface area contributed by atoms with E-state index >= 15 is 0 Å². The van der Waals surface area contributed by atoms with E-state index in [4.69, 9.17) is 4.74 Å². The van der Waals surface area contributed by atoms with Gasteiger partial charge in [0.15, 0.2) is 5.75 Å². The Balaban J connectivity index is 1.65. The van der Waals surface area contributed by atoms with Crippen LogP contribution in [0, 0.1) is 11.7 Å². The molecule has 1 aromatic carbocycles. The molecule has 19 heavy (non-hydrogen) atoms. The molecule has 3 rings (SSSR count). The fourth-order valence-corrected chi connectivity index (χ4v) is 1.92. The number of hydrogen-bond acceptors (Lipinski definition) is 4. The number of ether oxygens (including phenoxy) is 1. The molecule has 2 heterocycles. The molecular weight excluding hydrogens is 245 g/mol. The van der Waals surface area contributed by atoms with Crippen LogP contribution in [0.15, 0.2) is 36.7 Å². The van der Waals surface area contributed by atoms with Crippen LogP contribution in [-0.2, 0) is 6.42 Å². The van der Waals surface area contributed by atoms with Crippen LogP contribution in [0.4, 0.5) is 4.39 Å². The minimum Gasteiger partial charge on any atom is -0.454 e. The van der Waals surface area contributed by atoms with E-state index in [1.165, 1.54) is 12.1 Å². The lowest BCUT2D eigenvalue weighted by Crippen LogP contribution is -2.43. The molecular formula is C14H14FN3O. The van der Waals surface area contributed by atoms with Gasteiger partial charge in [0.1, 0.15) is 17.4 Å². The molecule has 0 spiro atoms. The molecule has 0 bridgehead atoms. The van der Waals surface area contributed by atoms with Crippen LogP contribution in [0.5, 0.6) is 11.5 Å². The van der Waals surface area contributed by atoms with Crippen molar-refractivity contribution in [1.82, 2.24) is 15.3 Å². The number of aromatic nitrogens is 2. The van der Waals surface area contributed by atoms with E-state index < -0.39 is 0 Å². The normalized spacial score (nSPS) is 15.0. The average Bonchev–Trinajstić information content (AvgIpc) is 2.36. The van der Waals surface area contributed by atoms with Crippen molar-refractivity contribution in [1.29, 1.82) is 0 Å². The van der Waals surface area contributed by atoms with Crippen molar-refractivity contribution in [3.63, 3.8) is 0 Å². The number of halogens is 1. The topological polar surface area (TPSA) is 47.0 Å². The average molecular weight is 259 g/mol. The predicted molar refractivity (Wildman–Crippen MR) is 68.6 cm³/mol. The number of hydrogen-bond donors (Lipinski definition) is 1. The van der Waals surface area contributed by atoms with Crippen LogP contribution < -0.4 is 10.1 Å². The summed E-state index contributed by atoms with van der Waals surface area (Å²) in [5.74, 6) is 2.08. The minimum absolute atomic E-state index is 0.326. The van der Waals surface area contributed by atoms with E-state index in [1.807, 2.05) is 0 Å². The Morgan fingerprint density at radius 3 is 2.63 bits per heavy atom. The van der Waals surface area contributed by atoms with E-state index in [1.54, 1.807) is 24.5 Å². The van der Waals surface area contributed by atoms with Gasteiger partial charge in [0.25, 0.3) is 0 Å². The van der Waals surface area contributed by atoms with E-state index in [-0.39, 0.29) is 5.82 Å². The molecule has 98 valence electrons. The SMILES string of the molecule is Fc1cccc(Oc2cnc(CC3CNC3)nc2)c1. The molecule has 1 fully saturated rings.